The normalized spacial score (nSPS) is 12.5. The summed E-state index contributed by atoms with van der Waals surface area (Å²) in [7, 11) is 0. The van der Waals surface area contributed by atoms with Crippen LogP contribution in [-0.4, -0.2) is 0 Å². The Labute approximate surface area is 126 Å². The number of nitrogens with one attached hydrogen (secondary N) is 1. The van der Waals surface area contributed by atoms with E-state index in [0.717, 1.165) is 0 Å². The molecular weight excluding hydrogens is 382 g/mol. The largest absolute Gasteiger partial charge is 0.271 e. The molecule has 0 aliphatic rings. The van der Waals surface area contributed by atoms with Gasteiger partial charge in [-0.2, -0.15) is 0 Å². The third kappa shape index (κ3) is 3.02. The fourth-order valence-electron chi connectivity index (χ4n) is 1.83. The number of halogens is 4. The summed E-state index contributed by atoms with van der Waals surface area (Å²) in [5.74, 6) is 4.66. The van der Waals surface area contributed by atoms with Crippen LogP contribution in [0.1, 0.15) is 17.2 Å². The highest BCUT2D eigenvalue weighted by Crippen LogP contribution is 2.32. The zero-order chi connectivity index (χ0) is 14.0. The Bertz CT molecular complexity index is 603. The molecule has 0 radical (unpaired) electrons. The van der Waals surface area contributed by atoms with Gasteiger partial charge in [-0.05, 0) is 45.8 Å². The van der Waals surface area contributed by atoms with E-state index in [1.165, 1.54) is 12.1 Å². The SMILES string of the molecule is NNC(c1cc(F)ccc1Br)c1cccc(Br)c1F. The average Bonchev–Trinajstić information content (AvgIpc) is 2.39. The first-order valence-electron chi connectivity index (χ1n) is 5.39. The second kappa shape index (κ2) is 6.09. The summed E-state index contributed by atoms with van der Waals surface area (Å²) in [5.41, 5.74) is 3.38. The molecule has 2 aromatic carbocycles. The van der Waals surface area contributed by atoms with E-state index in [-0.39, 0.29) is 0 Å². The number of hydrogen-bond acceptors (Lipinski definition) is 2. The van der Waals surface area contributed by atoms with Crippen LogP contribution >= 0.6 is 31.9 Å². The molecule has 1 unspecified atom stereocenters. The lowest BCUT2D eigenvalue weighted by atomic mass is 9.99. The molecule has 0 saturated carbocycles. The van der Waals surface area contributed by atoms with Crippen LogP contribution < -0.4 is 11.3 Å². The van der Waals surface area contributed by atoms with E-state index in [4.69, 9.17) is 5.84 Å². The maximum Gasteiger partial charge on any atom is 0.142 e. The summed E-state index contributed by atoms with van der Waals surface area (Å²) < 4.78 is 28.4. The summed E-state index contributed by atoms with van der Waals surface area (Å²) >= 11 is 6.44. The van der Waals surface area contributed by atoms with Crippen molar-refractivity contribution in [2.75, 3.05) is 0 Å². The molecule has 19 heavy (non-hydrogen) atoms. The van der Waals surface area contributed by atoms with Gasteiger partial charge in [0.25, 0.3) is 0 Å². The summed E-state index contributed by atoms with van der Waals surface area (Å²) in [6.45, 7) is 0. The molecule has 0 bridgehead atoms. The molecule has 1 atom stereocenters. The highest BCUT2D eigenvalue weighted by atomic mass is 79.9. The van der Waals surface area contributed by atoms with Crippen LogP contribution in [-0.2, 0) is 0 Å². The van der Waals surface area contributed by atoms with E-state index in [9.17, 15) is 8.78 Å². The lowest BCUT2D eigenvalue weighted by Gasteiger charge is -2.19. The van der Waals surface area contributed by atoms with Gasteiger partial charge in [0.05, 0.1) is 10.5 Å². The quantitative estimate of drug-likeness (QED) is 0.612. The van der Waals surface area contributed by atoms with Crippen LogP contribution in [0, 0.1) is 11.6 Å². The highest BCUT2D eigenvalue weighted by Gasteiger charge is 2.20. The van der Waals surface area contributed by atoms with Gasteiger partial charge >= 0.3 is 0 Å². The molecule has 0 aliphatic heterocycles. The van der Waals surface area contributed by atoms with Gasteiger partial charge in [0.15, 0.2) is 0 Å². The van der Waals surface area contributed by atoms with Gasteiger partial charge in [-0.15, -0.1) is 0 Å². The van der Waals surface area contributed by atoms with Gasteiger partial charge in [0.1, 0.15) is 11.6 Å². The van der Waals surface area contributed by atoms with Crippen LogP contribution in [0.2, 0.25) is 0 Å². The minimum atomic E-state index is -0.650. The monoisotopic (exact) mass is 390 g/mol. The van der Waals surface area contributed by atoms with Crippen LogP contribution in [0.5, 0.6) is 0 Å². The van der Waals surface area contributed by atoms with Crippen molar-refractivity contribution < 1.29 is 8.78 Å². The zero-order valence-corrected chi connectivity index (χ0v) is 12.8. The number of hydrazine groups is 1. The number of hydrogen-bond donors (Lipinski definition) is 2. The van der Waals surface area contributed by atoms with Gasteiger partial charge in [-0.3, -0.25) is 5.84 Å². The van der Waals surface area contributed by atoms with Crippen LogP contribution in [0.3, 0.4) is 0 Å². The molecule has 2 aromatic rings. The Hall–Kier alpha value is -0.820. The Kier molecular flexibility index (Phi) is 4.67. The molecule has 0 saturated heterocycles. The van der Waals surface area contributed by atoms with Crippen molar-refractivity contribution >= 4 is 31.9 Å². The molecule has 0 spiro atoms. The van der Waals surface area contributed by atoms with Crippen molar-refractivity contribution in [2.24, 2.45) is 5.84 Å². The first-order valence-corrected chi connectivity index (χ1v) is 6.98. The molecular formula is C13H10Br2F2N2. The van der Waals surface area contributed by atoms with Crippen molar-refractivity contribution in [3.63, 3.8) is 0 Å². The van der Waals surface area contributed by atoms with Gasteiger partial charge in [-0.1, -0.05) is 28.1 Å². The van der Waals surface area contributed by atoms with E-state index in [2.05, 4.69) is 37.3 Å². The fraction of sp³-hybridized carbons (Fsp3) is 0.0769. The maximum atomic E-state index is 14.1. The van der Waals surface area contributed by atoms with Gasteiger partial charge in [0, 0.05) is 10.0 Å². The Morgan fingerprint density at radius 1 is 1.00 bits per heavy atom. The third-order valence-corrected chi connectivity index (χ3v) is 4.06. The smallest absolute Gasteiger partial charge is 0.142 e. The Morgan fingerprint density at radius 3 is 2.42 bits per heavy atom. The second-order valence-electron chi connectivity index (χ2n) is 3.91. The second-order valence-corrected chi connectivity index (χ2v) is 5.62. The standard InChI is InChI=1S/C13H10Br2F2N2/c14-10-5-4-7(16)6-9(10)13(19-18)8-2-1-3-11(15)12(8)17/h1-6,13,19H,18H2. The maximum absolute atomic E-state index is 14.1. The van der Waals surface area contributed by atoms with Gasteiger partial charge < -0.3 is 0 Å². The van der Waals surface area contributed by atoms with E-state index in [1.807, 2.05) is 0 Å². The lowest BCUT2D eigenvalue weighted by molar-refractivity contribution is 0.550. The van der Waals surface area contributed by atoms with E-state index in [0.29, 0.717) is 20.1 Å². The first kappa shape index (κ1) is 14.6. The Balaban J connectivity index is 2.56. The minimum Gasteiger partial charge on any atom is -0.271 e. The summed E-state index contributed by atoms with van der Waals surface area (Å²) in [5, 5.41) is 0. The molecule has 2 nitrogen and oxygen atoms in total. The molecule has 0 amide bonds. The minimum absolute atomic E-state index is 0.331. The van der Waals surface area contributed by atoms with Crippen LogP contribution in [0.25, 0.3) is 0 Å². The van der Waals surface area contributed by atoms with Crippen molar-refractivity contribution in [2.45, 2.75) is 6.04 Å². The first-order chi connectivity index (χ1) is 9.04. The van der Waals surface area contributed by atoms with Crippen LogP contribution in [0.4, 0.5) is 8.78 Å². The molecule has 100 valence electrons. The number of benzene rings is 2. The molecule has 0 aliphatic carbocycles. The predicted octanol–water partition coefficient (Wildman–Crippen LogP) is 4.04. The zero-order valence-electron chi connectivity index (χ0n) is 9.63. The summed E-state index contributed by atoms with van der Waals surface area (Å²) in [4.78, 5) is 0. The van der Waals surface area contributed by atoms with Gasteiger partial charge in [-0.25, -0.2) is 14.2 Å². The molecule has 0 aromatic heterocycles. The van der Waals surface area contributed by atoms with E-state index >= 15 is 0 Å². The predicted molar refractivity (Wildman–Crippen MR) is 77.4 cm³/mol. The molecule has 6 heteroatoms. The van der Waals surface area contributed by atoms with E-state index in [1.54, 1.807) is 24.3 Å². The van der Waals surface area contributed by atoms with Crippen molar-refractivity contribution in [3.8, 4) is 0 Å². The topological polar surface area (TPSA) is 38.0 Å². The Morgan fingerprint density at radius 2 is 1.74 bits per heavy atom. The highest BCUT2D eigenvalue weighted by molar-refractivity contribution is 9.10. The molecule has 2 rings (SSSR count). The number of rotatable bonds is 3. The van der Waals surface area contributed by atoms with Crippen molar-refractivity contribution in [3.05, 3.63) is 68.1 Å². The molecule has 0 heterocycles. The van der Waals surface area contributed by atoms with E-state index < -0.39 is 17.7 Å². The summed E-state index contributed by atoms with van der Waals surface area (Å²) in [6.07, 6.45) is 0. The van der Waals surface area contributed by atoms with Crippen molar-refractivity contribution in [1.82, 2.24) is 5.43 Å². The summed E-state index contributed by atoms with van der Waals surface area (Å²) in [6, 6.07) is 8.43. The fourth-order valence-corrected chi connectivity index (χ4v) is 2.68. The van der Waals surface area contributed by atoms with Gasteiger partial charge in [0.2, 0.25) is 0 Å². The molecule has 3 N–H and O–H groups in total. The van der Waals surface area contributed by atoms with Crippen LogP contribution in [0.15, 0.2) is 45.3 Å². The lowest BCUT2D eigenvalue weighted by Crippen LogP contribution is -2.30. The van der Waals surface area contributed by atoms with Crippen molar-refractivity contribution in [1.29, 1.82) is 0 Å². The third-order valence-electron chi connectivity index (χ3n) is 2.73. The number of nitrogens with two attached hydrogens (primary N) is 1. The average molecular weight is 392 g/mol. The molecule has 0 fully saturated rings.